The number of carbonyl (C=O) groups is 1. The number of amides is 1. The summed E-state index contributed by atoms with van der Waals surface area (Å²) < 4.78 is 43.0. The first kappa shape index (κ1) is 15.4. The monoisotopic (exact) mass is 399 g/mol. The first-order valence-corrected chi connectivity index (χ1v) is 7.20. The van der Waals surface area contributed by atoms with E-state index in [0.29, 0.717) is 11.4 Å². The highest BCUT2D eigenvalue weighted by molar-refractivity contribution is 14.1. The van der Waals surface area contributed by atoms with Gasteiger partial charge in [0.25, 0.3) is 5.91 Å². The maximum atomic E-state index is 12.2. The Kier molecular flexibility index (Phi) is 4.46. The molecular weight excluding hydrogens is 386 g/mol. The second-order valence-corrected chi connectivity index (χ2v) is 5.83. The number of hydrogen-bond acceptors (Lipinski definition) is 2. The van der Waals surface area contributed by atoms with E-state index in [0.717, 1.165) is 3.57 Å². The highest BCUT2D eigenvalue weighted by Crippen LogP contribution is 2.35. The average Bonchev–Trinajstić information content (AvgIpc) is 2.32. The van der Waals surface area contributed by atoms with Crippen molar-refractivity contribution in [1.29, 1.82) is 0 Å². The van der Waals surface area contributed by atoms with Gasteiger partial charge in [-0.05, 0) is 54.1 Å². The van der Waals surface area contributed by atoms with Crippen LogP contribution in [-0.4, -0.2) is 24.7 Å². The van der Waals surface area contributed by atoms with E-state index in [9.17, 15) is 18.0 Å². The molecule has 1 aromatic rings. The van der Waals surface area contributed by atoms with E-state index in [1.54, 1.807) is 25.1 Å². The Morgan fingerprint density at radius 2 is 2.10 bits per heavy atom. The Morgan fingerprint density at radius 1 is 1.40 bits per heavy atom. The summed E-state index contributed by atoms with van der Waals surface area (Å²) in [6, 6.07) is 5.27. The number of anilines is 1. The van der Waals surface area contributed by atoms with E-state index >= 15 is 0 Å². The maximum Gasteiger partial charge on any atom is 0.389 e. The first-order chi connectivity index (χ1) is 9.28. The Hall–Kier alpha value is -0.990. The molecule has 1 heterocycles. The zero-order chi connectivity index (χ0) is 14.9. The molecule has 0 N–H and O–H groups in total. The average molecular weight is 399 g/mol. The highest BCUT2D eigenvalue weighted by atomic mass is 127. The Balaban J connectivity index is 2.17. The molecule has 0 fully saturated rings. The van der Waals surface area contributed by atoms with Crippen molar-refractivity contribution in [2.24, 2.45) is 0 Å². The second kappa shape index (κ2) is 5.79. The summed E-state index contributed by atoms with van der Waals surface area (Å²) in [6.45, 7) is 1.64. The summed E-state index contributed by atoms with van der Waals surface area (Å²) in [5.74, 6) is 0.233. The fourth-order valence-electron chi connectivity index (χ4n) is 2.05. The lowest BCUT2D eigenvalue weighted by Gasteiger charge is -2.33. The summed E-state index contributed by atoms with van der Waals surface area (Å²) in [5.41, 5.74) is 0.538. The van der Waals surface area contributed by atoms with Crippen LogP contribution < -0.4 is 9.64 Å². The van der Waals surface area contributed by atoms with Crippen LogP contribution in [-0.2, 0) is 4.79 Å². The number of ether oxygens (including phenoxy) is 1. The molecule has 0 radical (unpaired) electrons. The molecule has 3 nitrogen and oxygen atoms in total. The van der Waals surface area contributed by atoms with Gasteiger partial charge in [0.15, 0.2) is 6.10 Å². The molecule has 2 rings (SSSR count). The summed E-state index contributed by atoms with van der Waals surface area (Å²) in [7, 11) is 0. The zero-order valence-corrected chi connectivity index (χ0v) is 12.9. The SMILES string of the molecule is CC1Oc2cc(I)ccc2N(CCCC(F)(F)F)C1=O. The van der Waals surface area contributed by atoms with Gasteiger partial charge in [0.05, 0.1) is 5.69 Å². The van der Waals surface area contributed by atoms with Gasteiger partial charge < -0.3 is 9.64 Å². The molecule has 0 spiro atoms. The quantitative estimate of drug-likeness (QED) is 0.725. The molecule has 0 saturated heterocycles. The van der Waals surface area contributed by atoms with Crippen molar-refractivity contribution >= 4 is 34.2 Å². The van der Waals surface area contributed by atoms with Crippen molar-refractivity contribution in [2.45, 2.75) is 32.0 Å². The number of nitrogens with zero attached hydrogens (tertiary/aromatic N) is 1. The molecule has 0 aliphatic carbocycles. The fourth-order valence-corrected chi connectivity index (χ4v) is 2.52. The van der Waals surface area contributed by atoms with Gasteiger partial charge in [0.2, 0.25) is 0 Å². The van der Waals surface area contributed by atoms with E-state index in [1.165, 1.54) is 4.90 Å². The number of benzene rings is 1. The van der Waals surface area contributed by atoms with Gasteiger partial charge >= 0.3 is 6.18 Å². The Labute approximate surface area is 128 Å². The van der Waals surface area contributed by atoms with Crippen LogP contribution in [0.2, 0.25) is 0 Å². The molecule has 0 bridgehead atoms. The zero-order valence-electron chi connectivity index (χ0n) is 10.7. The Bertz CT molecular complexity index is 519. The van der Waals surface area contributed by atoms with Crippen LogP contribution in [0, 0.1) is 3.57 Å². The molecule has 1 amide bonds. The lowest BCUT2D eigenvalue weighted by molar-refractivity contribution is -0.136. The van der Waals surface area contributed by atoms with Crippen LogP contribution in [0.3, 0.4) is 0 Å². The van der Waals surface area contributed by atoms with Gasteiger partial charge in [-0.1, -0.05) is 0 Å². The number of rotatable bonds is 3. The topological polar surface area (TPSA) is 29.5 Å². The smallest absolute Gasteiger partial charge is 0.389 e. The lowest BCUT2D eigenvalue weighted by Crippen LogP contribution is -2.45. The van der Waals surface area contributed by atoms with E-state index in [2.05, 4.69) is 22.6 Å². The predicted molar refractivity (Wildman–Crippen MR) is 76.9 cm³/mol. The summed E-state index contributed by atoms with van der Waals surface area (Å²) in [4.78, 5) is 13.4. The van der Waals surface area contributed by atoms with Crippen LogP contribution in [0.1, 0.15) is 19.8 Å². The van der Waals surface area contributed by atoms with Crippen molar-refractivity contribution in [3.8, 4) is 5.75 Å². The predicted octanol–water partition coefficient (Wildman–Crippen LogP) is 3.75. The number of fused-ring (bicyclic) bond motifs is 1. The summed E-state index contributed by atoms with van der Waals surface area (Å²) in [5, 5.41) is 0. The van der Waals surface area contributed by atoms with E-state index in [-0.39, 0.29) is 18.9 Å². The van der Waals surface area contributed by atoms with Crippen molar-refractivity contribution in [3.63, 3.8) is 0 Å². The Morgan fingerprint density at radius 3 is 2.75 bits per heavy atom. The third-order valence-corrected chi connectivity index (χ3v) is 3.64. The van der Waals surface area contributed by atoms with E-state index in [4.69, 9.17) is 4.74 Å². The maximum absolute atomic E-state index is 12.2. The number of hydrogen-bond donors (Lipinski definition) is 0. The van der Waals surface area contributed by atoms with Crippen molar-refractivity contribution in [1.82, 2.24) is 0 Å². The minimum atomic E-state index is -4.20. The molecule has 1 aliphatic rings. The first-order valence-electron chi connectivity index (χ1n) is 6.12. The van der Waals surface area contributed by atoms with Gasteiger partial charge in [-0.15, -0.1) is 0 Å². The molecule has 110 valence electrons. The van der Waals surface area contributed by atoms with Gasteiger partial charge in [-0.3, -0.25) is 4.79 Å². The van der Waals surface area contributed by atoms with E-state index in [1.807, 2.05) is 0 Å². The fraction of sp³-hybridized carbons (Fsp3) is 0.462. The van der Waals surface area contributed by atoms with Gasteiger partial charge in [0.1, 0.15) is 5.75 Å². The molecule has 7 heteroatoms. The third-order valence-electron chi connectivity index (χ3n) is 2.97. The molecule has 1 aliphatic heterocycles. The molecule has 1 unspecified atom stereocenters. The van der Waals surface area contributed by atoms with Gasteiger partial charge in [-0.25, -0.2) is 0 Å². The second-order valence-electron chi connectivity index (χ2n) is 4.58. The summed E-state index contributed by atoms with van der Waals surface area (Å²) in [6.07, 6.45) is -5.89. The lowest BCUT2D eigenvalue weighted by atomic mass is 10.1. The molecule has 0 aromatic heterocycles. The third kappa shape index (κ3) is 3.56. The number of halogens is 4. The van der Waals surface area contributed by atoms with Crippen molar-refractivity contribution in [3.05, 3.63) is 21.8 Å². The molecular formula is C13H13F3INO2. The minimum Gasteiger partial charge on any atom is -0.479 e. The van der Waals surface area contributed by atoms with Gasteiger partial charge in [-0.2, -0.15) is 13.2 Å². The summed E-state index contributed by atoms with van der Waals surface area (Å²) >= 11 is 2.11. The molecule has 0 saturated carbocycles. The van der Waals surface area contributed by atoms with Crippen LogP contribution in [0.25, 0.3) is 0 Å². The molecule has 20 heavy (non-hydrogen) atoms. The number of carbonyl (C=O) groups excluding carboxylic acids is 1. The van der Waals surface area contributed by atoms with Gasteiger partial charge in [0, 0.05) is 16.5 Å². The largest absolute Gasteiger partial charge is 0.479 e. The van der Waals surface area contributed by atoms with Crippen molar-refractivity contribution in [2.75, 3.05) is 11.4 Å². The van der Waals surface area contributed by atoms with Crippen LogP contribution in [0.15, 0.2) is 18.2 Å². The normalized spacial score (nSPS) is 18.8. The van der Waals surface area contributed by atoms with E-state index < -0.39 is 18.7 Å². The molecule has 1 aromatic carbocycles. The van der Waals surface area contributed by atoms with Crippen LogP contribution in [0.5, 0.6) is 5.75 Å². The van der Waals surface area contributed by atoms with Crippen molar-refractivity contribution < 1.29 is 22.7 Å². The number of alkyl halides is 3. The van der Waals surface area contributed by atoms with Crippen LogP contribution >= 0.6 is 22.6 Å². The highest BCUT2D eigenvalue weighted by Gasteiger charge is 2.33. The standard InChI is InChI=1S/C13H13F3INO2/c1-8-12(19)18(6-2-5-13(14,15)16)10-4-3-9(17)7-11(10)20-8/h3-4,7-8H,2,5-6H2,1H3. The van der Waals surface area contributed by atoms with Crippen LogP contribution in [0.4, 0.5) is 18.9 Å². The molecule has 1 atom stereocenters. The minimum absolute atomic E-state index is 0.0413.